The van der Waals surface area contributed by atoms with Crippen molar-refractivity contribution in [3.63, 3.8) is 0 Å². The molecule has 172 valence electrons. The molecule has 0 spiro atoms. The molecule has 0 saturated carbocycles. The number of piperidine rings is 1. The average molecular weight is 467 g/mol. The van der Waals surface area contributed by atoms with Crippen LogP contribution in [-0.4, -0.2) is 81.2 Å². The van der Waals surface area contributed by atoms with Gasteiger partial charge < -0.3 is 20.5 Å². The quantitative estimate of drug-likeness (QED) is 0.542. The second-order valence-corrected chi connectivity index (χ2v) is 8.40. The van der Waals surface area contributed by atoms with Gasteiger partial charge in [0.05, 0.1) is 29.5 Å². The van der Waals surface area contributed by atoms with Crippen molar-refractivity contribution in [2.75, 3.05) is 30.3 Å². The molecule has 2 aromatic heterocycles. The molecule has 1 amide bonds. The summed E-state index contributed by atoms with van der Waals surface area (Å²) in [7, 11) is 0. The lowest BCUT2D eigenvalue weighted by Gasteiger charge is -2.38. The number of carbonyl (C=O) groups is 1. The molecule has 32 heavy (non-hydrogen) atoms. The van der Waals surface area contributed by atoms with E-state index in [0.29, 0.717) is 40.9 Å². The number of anilines is 2. The van der Waals surface area contributed by atoms with Gasteiger partial charge in [0.25, 0.3) is 6.43 Å². The Morgan fingerprint density at radius 1 is 1.38 bits per heavy atom. The van der Waals surface area contributed by atoms with Crippen molar-refractivity contribution in [2.45, 2.75) is 44.3 Å². The Bertz CT molecular complexity index is 1030. The number of nitrogens with zero attached hydrogens (tertiary/aromatic N) is 5. The number of hydrazone groups is 1. The Morgan fingerprint density at radius 3 is 2.94 bits per heavy atom. The van der Waals surface area contributed by atoms with E-state index in [2.05, 4.69) is 37.3 Å². The molecule has 1 unspecified atom stereocenters. The molecule has 1 fully saturated rings. The van der Waals surface area contributed by atoms with Gasteiger partial charge in [-0.05, 0) is 25.8 Å². The van der Waals surface area contributed by atoms with Crippen LogP contribution in [0, 0.1) is 0 Å². The molecule has 0 aromatic carbocycles. The van der Waals surface area contributed by atoms with Crippen LogP contribution in [0.3, 0.4) is 0 Å². The number of rotatable bonds is 7. The largest absolute Gasteiger partial charge is 0.365 e. The number of hydrogen-bond acceptors (Lipinski definition) is 7. The van der Waals surface area contributed by atoms with E-state index in [1.807, 2.05) is 6.92 Å². The van der Waals surface area contributed by atoms with E-state index in [9.17, 15) is 13.6 Å². The number of hydrogen-bond donors (Lipinski definition) is 3. The standard InChI is InChI=1S/C20H25ClF2N8O/c1-3-16(32)31-9-12(5-4-11(31)2)26-19-17-14(21)7-24-18(17)28-20(29-19)27-13-6-25-30(8-13)10-15(22)23/h3,6-7,11-13,15H,1,4-5,8-10H2,2H3,(H3,24,26,27,28,29)/t11-,12+,13?/m0/s1. The van der Waals surface area contributed by atoms with E-state index in [0.717, 1.165) is 12.8 Å². The molecular formula is C20H25ClF2N8O. The highest BCUT2D eigenvalue weighted by molar-refractivity contribution is 6.36. The highest BCUT2D eigenvalue weighted by Crippen LogP contribution is 2.31. The third-order valence-corrected chi connectivity index (χ3v) is 5.94. The average Bonchev–Trinajstić information content (AvgIpc) is 3.34. The van der Waals surface area contributed by atoms with Gasteiger partial charge in [-0.2, -0.15) is 15.1 Å². The van der Waals surface area contributed by atoms with E-state index < -0.39 is 13.0 Å². The zero-order valence-corrected chi connectivity index (χ0v) is 18.3. The van der Waals surface area contributed by atoms with Gasteiger partial charge >= 0.3 is 0 Å². The number of H-pyrrole nitrogens is 1. The van der Waals surface area contributed by atoms with Crippen molar-refractivity contribution in [1.29, 1.82) is 0 Å². The maximum Gasteiger partial charge on any atom is 0.257 e. The van der Waals surface area contributed by atoms with Gasteiger partial charge in [-0.1, -0.05) is 18.2 Å². The summed E-state index contributed by atoms with van der Waals surface area (Å²) in [4.78, 5) is 26.1. The minimum Gasteiger partial charge on any atom is -0.365 e. The first-order chi connectivity index (χ1) is 15.3. The Morgan fingerprint density at radius 2 is 2.19 bits per heavy atom. The summed E-state index contributed by atoms with van der Waals surface area (Å²) in [5.41, 5.74) is 0.539. The molecule has 9 nitrogen and oxygen atoms in total. The van der Waals surface area contributed by atoms with Gasteiger partial charge in [-0.15, -0.1) is 0 Å². The van der Waals surface area contributed by atoms with Crippen molar-refractivity contribution >= 4 is 46.5 Å². The molecular weight excluding hydrogens is 442 g/mol. The molecule has 12 heteroatoms. The Kier molecular flexibility index (Phi) is 6.45. The molecule has 2 aromatic rings. The van der Waals surface area contributed by atoms with Crippen LogP contribution < -0.4 is 10.6 Å². The lowest BCUT2D eigenvalue weighted by atomic mass is 9.99. The van der Waals surface area contributed by atoms with Gasteiger partial charge in [0.15, 0.2) is 0 Å². The number of fused-ring (bicyclic) bond motifs is 1. The van der Waals surface area contributed by atoms with E-state index in [-0.39, 0.29) is 24.0 Å². The van der Waals surface area contributed by atoms with Crippen LogP contribution in [0.4, 0.5) is 20.5 Å². The molecule has 2 aliphatic heterocycles. The minimum absolute atomic E-state index is 0.0263. The topological polar surface area (TPSA) is 102 Å². The van der Waals surface area contributed by atoms with E-state index in [1.54, 1.807) is 17.3 Å². The highest BCUT2D eigenvalue weighted by atomic mass is 35.5. The second-order valence-electron chi connectivity index (χ2n) is 8.00. The summed E-state index contributed by atoms with van der Waals surface area (Å²) < 4.78 is 25.2. The van der Waals surface area contributed by atoms with Crippen LogP contribution in [0.15, 0.2) is 24.0 Å². The van der Waals surface area contributed by atoms with Crippen LogP contribution in [-0.2, 0) is 4.79 Å². The van der Waals surface area contributed by atoms with Gasteiger partial charge in [-0.3, -0.25) is 9.80 Å². The van der Waals surface area contributed by atoms with E-state index in [4.69, 9.17) is 11.6 Å². The number of nitrogens with one attached hydrogen (secondary N) is 3. The molecule has 1 saturated heterocycles. The predicted molar refractivity (Wildman–Crippen MR) is 120 cm³/mol. The zero-order valence-electron chi connectivity index (χ0n) is 17.6. The molecule has 3 N–H and O–H groups in total. The highest BCUT2D eigenvalue weighted by Gasteiger charge is 2.29. The van der Waals surface area contributed by atoms with Crippen LogP contribution in [0.25, 0.3) is 11.0 Å². The predicted octanol–water partition coefficient (Wildman–Crippen LogP) is 2.94. The maximum absolute atomic E-state index is 12.6. The lowest BCUT2D eigenvalue weighted by molar-refractivity contribution is -0.129. The number of aromatic amines is 1. The SMILES string of the molecule is C=CC(=O)N1C[C@H](Nc2nc(NC3C=NN(CC(F)F)C3)nc3[nH]cc(Cl)c23)CC[C@@H]1C. The number of aromatic nitrogens is 3. The first-order valence-corrected chi connectivity index (χ1v) is 10.8. The van der Waals surface area contributed by atoms with Crippen LogP contribution >= 0.6 is 11.6 Å². The molecule has 2 aliphatic rings. The van der Waals surface area contributed by atoms with Gasteiger partial charge in [0.1, 0.15) is 11.5 Å². The van der Waals surface area contributed by atoms with E-state index in [1.165, 1.54) is 11.1 Å². The Balaban J connectivity index is 1.52. The molecule has 4 heterocycles. The molecule has 0 radical (unpaired) electrons. The number of carbonyl (C=O) groups excluding carboxylic acids is 1. The van der Waals surface area contributed by atoms with Crippen molar-refractivity contribution in [3.05, 3.63) is 23.9 Å². The summed E-state index contributed by atoms with van der Waals surface area (Å²) in [6.07, 6.45) is 3.76. The minimum atomic E-state index is -2.46. The summed E-state index contributed by atoms with van der Waals surface area (Å²) in [5, 5.41) is 13.0. The molecule has 4 rings (SSSR count). The summed E-state index contributed by atoms with van der Waals surface area (Å²) >= 11 is 6.36. The smallest absolute Gasteiger partial charge is 0.257 e. The lowest BCUT2D eigenvalue weighted by Crippen LogP contribution is -2.49. The monoisotopic (exact) mass is 466 g/mol. The fourth-order valence-electron chi connectivity index (χ4n) is 4.03. The molecule has 0 bridgehead atoms. The Labute approximate surface area is 188 Å². The third kappa shape index (κ3) is 4.77. The number of amides is 1. The first-order valence-electron chi connectivity index (χ1n) is 10.4. The first kappa shape index (κ1) is 22.3. The van der Waals surface area contributed by atoms with Crippen LogP contribution in [0.5, 0.6) is 0 Å². The normalized spacial score (nSPS) is 23.2. The fourth-order valence-corrected chi connectivity index (χ4v) is 4.27. The Hall–Kier alpha value is -2.95. The van der Waals surface area contributed by atoms with Crippen molar-refractivity contribution in [3.8, 4) is 0 Å². The van der Waals surface area contributed by atoms with Crippen LogP contribution in [0.1, 0.15) is 19.8 Å². The number of alkyl halides is 2. The summed E-state index contributed by atoms with van der Waals surface area (Å²) in [6, 6.07) is -0.197. The zero-order chi connectivity index (χ0) is 22.8. The van der Waals surface area contributed by atoms with Gasteiger partial charge in [-0.25, -0.2) is 8.78 Å². The van der Waals surface area contributed by atoms with Crippen molar-refractivity contribution in [1.82, 2.24) is 24.9 Å². The number of likely N-dealkylation sites (tertiary alicyclic amines) is 1. The molecule has 0 aliphatic carbocycles. The van der Waals surface area contributed by atoms with Crippen molar-refractivity contribution in [2.24, 2.45) is 5.10 Å². The summed E-state index contributed by atoms with van der Waals surface area (Å²) in [6.45, 7) is 5.99. The maximum atomic E-state index is 12.6. The fraction of sp³-hybridized carbons (Fsp3) is 0.500. The number of halogens is 3. The van der Waals surface area contributed by atoms with Gasteiger partial charge in [0.2, 0.25) is 11.9 Å². The van der Waals surface area contributed by atoms with Crippen LogP contribution in [0.2, 0.25) is 5.02 Å². The molecule has 3 atom stereocenters. The summed E-state index contributed by atoms with van der Waals surface area (Å²) in [5.74, 6) is 0.749. The van der Waals surface area contributed by atoms with E-state index >= 15 is 0 Å². The van der Waals surface area contributed by atoms with Crippen molar-refractivity contribution < 1.29 is 13.6 Å². The van der Waals surface area contributed by atoms with Gasteiger partial charge in [0, 0.05) is 31.0 Å². The third-order valence-electron chi connectivity index (χ3n) is 5.64. The second kappa shape index (κ2) is 9.27.